The lowest BCUT2D eigenvalue weighted by Crippen LogP contribution is -2.31. The largest absolute Gasteiger partial charge is 0.503 e. The van der Waals surface area contributed by atoms with Gasteiger partial charge in [0.1, 0.15) is 6.10 Å². The fourth-order valence-corrected chi connectivity index (χ4v) is 4.01. The number of aryl methyl sites for hydroxylation is 1. The Morgan fingerprint density at radius 1 is 0.970 bits per heavy atom. The van der Waals surface area contributed by atoms with Crippen LogP contribution in [0, 0.1) is 12.3 Å². The molecule has 0 spiro atoms. The Balaban J connectivity index is 1.83. The predicted molar refractivity (Wildman–Crippen MR) is 126 cm³/mol. The molecule has 1 aromatic heterocycles. The molecular weight excluding hydrogens is 416 g/mol. The molecule has 1 amide bonds. The van der Waals surface area contributed by atoms with Gasteiger partial charge in [-0.15, -0.1) is 5.10 Å². The molecule has 0 saturated heterocycles. The second-order valence-corrected chi connectivity index (χ2v) is 8.45. The van der Waals surface area contributed by atoms with Crippen LogP contribution in [0.4, 0.5) is 5.82 Å². The van der Waals surface area contributed by atoms with Crippen LogP contribution in [0.5, 0.6) is 0 Å². The lowest BCUT2D eigenvalue weighted by atomic mass is 9.90. The van der Waals surface area contributed by atoms with Crippen molar-refractivity contribution in [1.82, 2.24) is 10.2 Å². The van der Waals surface area contributed by atoms with Crippen molar-refractivity contribution in [3.63, 3.8) is 0 Å². The fraction of sp³-hybridized carbons (Fsp3) is 0.231. The maximum absolute atomic E-state index is 13.2. The molecule has 4 rings (SSSR count). The molecule has 168 valence electrons. The normalized spacial score (nSPS) is 17.1. The number of hydrogen-bond acceptors (Lipinski definition) is 6. The van der Waals surface area contributed by atoms with Gasteiger partial charge in [0.25, 0.3) is 5.91 Å². The summed E-state index contributed by atoms with van der Waals surface area (Å²) < 4.78 is 0. The number of aromatic nitrogens is 2. The molecule has 1 aliphatic heterocycles. The van der Waals surface area contributed by atoms with E-state index < -0.39 is 23.8 Å². The number of nitrogens with one attached hydrogen (secondary N) is 1. The Morgan fingerprint density at radius 2 is 1.61 bits per heavy atom. The first kappa shape index (κ1) is 22.4. The van der Waals surface area contributed by atoms with Gasteiger partial charge in [0.2, 0.25) is 0 Å². The first-order chi connectivity index (χ1) is 15.8. The third kappa shape index (κ3) is 4.15. The summed E-state index contributed by atoms with van der Waals surface area (Å²) >= 11 is 0. The van der Waals surface area contributed by atoms with E-state index >= 15 is 0 Å². The highest BCUT2D eigenvalue weighted by Gasteiger charge is 2.45. The zero-order valence-electron chi connectivity index (χ0n) is 18.7. The molecule has 0 bridgehead atoms. The minimum Gasteiger partial charge on any atom is -0.503 e. The summed E-state index contributed by atoms with van der Waals surface area (Å²) in [5, 5.41) is 37.8. The van der Waals surface area contributed by atoms with Crippen LogP contribution in [-0.4, -0.2) is 32.5 Å². The van der Waals surface area contributed by atoms with Gasteiger partial charge in [0.15, 0.2) is 11.6 Å². The van der Waals surface area contributed by atoms with Crippen molar-refractivity contribution in [3.05, 3.63) is 99.9 Å². The van der Waals surface area contributed by atoms with Gasteiger partial charge in [-0.3, -0.25) is 9.69 Å². The molecule has 0 radical (unpaired) electrons. The van der Waals surface area contributed by atoms with Crippen molar-refractivity contribution in [2.75, 3.05) is 4.90 Å². The topological polar surface area (TPSA) is 110 Å². The van der Waals surface area contributed by atoms with E-state index in [2.05, 4.69) is 24.0 Å². The van der Waals surface area contributed by atoms with Crippen LogP contribution in [0.25, 0.3) is 0 Å². The Bertz CT molecular complexity index is 1200. The van der Waals surface area contributed by atoms with Crippen molar-refractivity contribution in [2.24, 2.45) is 0 Å². The number of hydrogen-bond donors (Lipinski definition) is 3. The van der Waals surface area contributed by atoms with E-state index in [-0.39, 0.29) is 11.4 Å². The summed E-state index contributed by atoms with van der Waals surface area (Å²) in [7, 11) is 0. The molecule has 2 unspecified atom stereocenters. The van der Waals surface area contributed by atoms with E-state index in [4.69, 9.17) is 5.41 Å². The molecule has 2 heterocycles. The predicted octanol–water partition coefficient (Wildman–Crippen LogP) is 4.54. The number of aliphatic hydroxyl groups is 2. The number of rotatable bonds is 6. The molecule has 33 heavy (non-hydrogen) atoms. The van der Waals surface area contributed by atoms with Crippen LogP contribution in [-0.2, 0) is 4.79 Å². The monoisotopic (exact) mass is 442 g/mol. The second-order valence-electron chi connectivity index (χ2n) is 8.45. The van der Waals surface area contributed by atoms with Crippen LogP contribution in [0.2, 0.25) is 0 Å². The fourth-order valence-electron chi connectivity index (χ4n) is 4.01. The lowest BCUT2D eigenvalue weighted by Gasteiger charge is -2.28. The van der Waals surface area contributed by atoms with Crippen molar-refractivity contribution >= 4 is 17.9 Å². The van der Waals surface area contributed by atoms with E-state index in [1.165, 1.54) is 11.1 Å². The first-order valence-corrected chi connectivity index (χ1v) is 10.8. The van der Waals surface area contributed by atoms with Crippen molar-refractivity contribution in [1.29, 1.82) is 5.41 Å². The highest BCUT2D eigenvalue weighted by molar-refractivity contribution is 6.08. The van der Waals surface area contributed by atoms with Gasteiger partial charge in [0.05, 0.1) is 11.7 Å². The summed E-state index contributed by atoms with van der Waals surface area (Å²) in [5.41, 5.74) is 3.96. The van der Waals surface area contributed by atoms with E-state index in [0.29, 0.717) is 22.7 Å². The second kappa shape index (κ2) is 8.96. The molecule has 2 aromatic carbocycles. The quantitative estimate of drug-likeness (QED) is 0.486. The minimum atomic E-state index is -1.23. The smallest absolute Gasteiger partial charge is 0.295 e. The molecule has 0 aliphatic carbocycles. The van der Waals surface area contributed by atoms with Crippen LogP contribution in [0.15, 0.2) is 72.0 Å². The number of aliphatic hydroxyl groups excluding tert-OH is 2. The van der Waals surface area contributed by atoms with Gasteiger partial charge < -0.3 is 15.6 Å². The van der Waals surface area contributed by atoms with Gasteiger partial charge in [-0.2, -0.15) is 5.10 Å². The molecule has 7 heteroatoms. The molecule has 0 fully saturated rings. The molecule has 2 atom stereocenters. The Labute approximate surface area is 192 Å². The standard InChI is InChI=1S/C26H26N4O3/c1-15(2)18-9-11-19(12-10-18)23-22(24(31)20-7-5-17(14-27)6-8-20)25(32)26(33)30(23)21-13-4-16(3)28-29-21/h4-15,23-24,27,31-32H,1-3H3. The number of carbonyl (C=O) groups excluding carboxylic acids is 1. The molecule has 1 aliphatic rings. The molecule has 3 N–H and O–H groups in total. The lowest BCUT2D eigenvalue weighted by molar-refractivity contribution is -0.117. The maximum Gasteiger partial charge on any atom is 0.295 e. The van der Waals surface area contributed by atoms with Crippen molar-refractivity contribution in [3.8, 4) is 0 Å². The van der Waals surface area contributed by atoms with Gasteiger partial charge >= 0.3 is 0 Å². The van der Waals surface area contributed by atoms with Crippen molar-refractivity contribution < 1.29 is 15.0 Å². The summed E-state index contributed by atoms with van der Waals surface area (Å²) in [6.07, 6.45) is -0.0185. The number of anilines is 1. The number of carbonyl (C=O) groups is 1. The average Bonchev–Trinajstić information content (AvgIpc) is 3.09. The van der Waals surface area contributed by atoms with Gasteiger partial charge in [-0.25, -0.2) is 0 Å². The zero-order valence-corrected chi connectivity index (χ0v) is 18.7. The van der Waals surface area contributed by atoms with E-state index in [1.54, 1.807) is 43.3 Å². The van der Waals surface area contributed by atoms with E-state index in [9.17, 15) is 15.0 Å². The van der Waals surface area contributed by atoms with Gasteiger partial charge in [-0.05, 0) is 47.2 Å². The summed E-state index contributed by atoms with van der Waals surface area (Å²) in [5.74, 6) is -0.517. The third-order valence-corrected chi connectivity index (χ3v) is 5.91. The third-order valence-electron chi connectivity index (χ3n) is 5.91. The SMILES string of the molecule is Cc1ccc(N2C(=O)C(O)=C(C(O)c3ccc(C=N)cc3)C2c2ccc(C(C)C)cc2)nn1. The Morgan fingerprint density at radius 3 is 2.15 bits per heavy atom. The van der Waals surface area contributed by atoms with Crippen LogP contribution >= 0.6 is 0 Å². The Hall–Kier alpha value is -3.84. The average molecular weight is 443 g/mol. The minimum absolute atomic E-state index is 0.183. The molecule has 0 saturated carbocycles. The van der Waals surface area contributed by atoms with Gasteiger partial charge in [-0.1, -0.05) is 62.4 Å². The van der Waals surface area contributed by atoms with E-state index in [1.807, 2.05) is 24.3 Å². The molecule has 3 aromatic rings. The van der Waals surface area contributed by atoms with Crippen molar-refractivity contribution in [2.45, 2.75) is 38.8 Å². The molecular formula is C26H26N4O3. The zero-order chi connectivity index (χ0) is 23.7. The number of amides is 1. The van der Waals surface area contributed by atoms with Crippen LogP contribution in [0.1, 0.15) is 59.9 Å². The number of benzene rings is 2. The summed E-state index contributed by atoms with van der Waals surface area (Å²) in [6, 6.07) is 17.2. The Kier molecular flexibility index (Phi) is 6.07. The summed E-state index contributed by atoms with van der Waals surface area (Å²) in [6.45, 7) is 6.00. The highest BCUT2D eigenvalue weighted by Crippen LogP contribution is 2.45. The highest BCUT2D eigenvalue weighted by atomic mass is 16.3. The van der Waals surface area contributed by atoms with Crippen LogP contribution in [0.3, 0.4) is 0 Å². The van der Waals surface area contributed by atoms with E-state index in [0.717, 1.165) is 11.1 Å². The number of nitrogens with zero attached hydrogens (tertiary/aromatic N) is 3. The van der Waals surface area contributed by atoms with Crippen LogP contribution < -0.4 is 4.90 Å². The first-order valence-electron chi connectivity index (χ1n) is 10.8. The molecule has 7 nitrogen and oxygen atoms in total. The maximum atomic E-state index is 13.2. The van der Waals surface area contributed by atoms with Gasteiger partial charge in [0, 0.05) is 11.8 Å². The summed E-state index contributed by atoms with van der Waals surface area (Å²) in [4.78, 5) is 14.6.